The smallest absolute Gasteiger partial charge is 0.274 e. The molecule has 1 amide bonds. The average Bonchev–Trinajstić information content (AvgIpc) is 3.00. The van der Waals surface area contributed by atoms with Crippen molar-refractivity contribution < 1.29 is 9.90 Å². The van der Waals surface area contributed by atoms with Crippen LogP contribution in [0.4, 0.5) is 11.4 Å². The summed E-state index contributed by atoms with van der Waals surface area (Å²) < 4.78 is 2.00. The molecule has 1 aliphatic carbocycles. The van der Waals surface area contributed by atoms with Crippen LogP contribution < -0.4 is 10.2 Å². The van der Waals surface area contributed by atoms with Gasteiger partial charge in [-0.1, -0.05) is 6.07 Å². The van der Waals surface area contributed by atoms with Gasteiger partial charge in [0.05, 0.1) is 28.5 Å². The van der Waals surface area contributed by atoms with Crippen LogP contribution in [-0.2, 0) is 0 Å². The molecule has 4 rings (SSSR count). The predicted molar refractivity (Wildman–Crippen MR) is 119 cm³/mol. The number of pyridine rings is 1. The fourth-order valence-electron chi connectivity index (χ4n) is 3.97. The Morgan fingerprint density at radius 2 is 2.00 bits per heavy atom. The lowest BCUT2D eigenvalue weighted by Crippen LogP contribution is -2.41. The van der Waals surface area contributed by atoms with E-state index >= 15 is 0 Å². The van der Waals surface area contributed by atoms with E-state index in [1.807, 2.05) is 74.9 Å². The quantitative estimate of drug-likeness (QED) is 0.673. The molecule has 158 valence electrons. The van der Waals surface area contributed by atoms with Crippen molar-refractivity contribution in [1.29, 1.82) is 0 Å². The van der Waals surface area contributed by atoms with E-state index in [4.69, 9.17) is 5.10 Å². The van der Waals surface area contributed by atoms with E-state index in [0.29, 0.717) is 17.7 Å². The Balaban J connectivity index is 1.62. The third kappa shape index (κ3) is 3.89. The number of nitrogens with zero attached hydrogens (tertiary/aromatic N) is 4. The van der Waals surface area contributed by atoms with Gasteiger partial charge in [0.1, 0.15) is 5.69 Å². The Bertz CT molecular complexity index is 1090. The highest BCUT2D eigenvalue weighted by molar-refractivity contribution is 6.06. The van der Waals surface area contributed by atoms with Crippen molar-refractivity contribution in [3.05, 3.63) is 47.9 Å². The van der Waals surface area contributed by atoms with Crippen LogP contribution >= 0.6 is 0 Å². The second kappa shape index (κ2) is 7.40. The van der Waals surface area contributed by atoms with E-state index in [0.717, 1.165) is 40.8 Å². The largest absolute Gasteiger partial charge is 0.390 e. The van der Waals surface area contributed by atoms with Gasteiger partial charge in [-0.3, -0.25) is 9.48 Å². The minimum atomic E-state index is -0.650. The van der Waals surface area contributed by atoms with Gasteiger partial charge in [-0.15, -0.1) is 0 Å². The Labute approximate surface area is 176 Å². The Kier molecular flexibility index (Phi) is 5.02. The second-order valence-corrected chi connectivity index (χ2v) is 9.03. The van der Waals surface area contributed by atoms with Crippen molar-refractivity contribution in [1.82, 2.24) is 14.8 Å². The molecule has 3 aromatic rings. The van der Waals surface area contributed by atoms with E-state index < -0.39 is 5.60 Å². The molecule has 2 N–H and O–H groups in total. The normalized spacial score (nSPS) is 18.9. The number of fused-ring (bicyclic) bond motifs is 1. The van der Waals surface area contributed by atoms with Crippen LogP contribution in [0.2, 0.25) is 0 Å². The van der Waals surface area contributed by atoms with Gasteiger partial charge in [0, 0.05) is 31.4 Å². The van der Waals surface area contributed by atoms with Crippen LogP contribution in [0, 0.1) is 12.8 Å². The number of amides is 1. The molecule has 1 aliphatic rings. The maximum absolute atomic E-state index is 12.7. The van der Waals surface area contributed by atoms with Crippen molar-refractivity contribution in [3.63, 3.8) is 0 Å². The molecule has 0 bridgehead atoms. The summed E-state index contributed by atoms with van der Waals surface area (Å²) in [6.07, 6.45) is 3.86. The summed E-state index contributed by atoms with van der Waals surface area (Å²) >= 11 is 0. The highest BCUT2D eigenvalue weighted by Gasteiger charge is 2.40. The number of hydrogen-bond donors (Lipinski definition) is 2. The molecule has 1 saturated carbocycles. The molecule has 0 unspecified atom stereocenters. The van der Waals surface area contributed by atoms with Crippen LogP contribution in [0.5, 0.6) is 0 Å². The SMILES string of the molecule is Cc1cccc(C(=O)Nc2cc3cn(C4CC(C(C)(C)O)C4)nc3cc2N(C)C)n1. The molecule has 0 spiro atoms. The van der Waals surface area contributed by atoms with E-state index in [9.17, 15) is 9.90 Å². The van der Waals surface area contributed by atoms with E-state index in [-0.39, 0.29) is 5.91 Å². The first-order valence-corrected chi connectivity index (χ1v) is 10.3. The number of carbonyl (C=O) groups is 1. The number of anilines is 2. The number of hydrogen-bond acceptors (Lipinski definition) is 5. The van der Waals surface area contributed by atoms with Crippen LogP contribution in [0.15, 0.2) is 36.5 Å². The zero-order valence-electron chi connectivity index (χ0n) is 18.2. The van der Waals surface area contributed by atoms with Crippen molar-refractivity contribution in [2.75, 3.05) is 24.3 Å². The third-order valence-electron chi connectivity index (χ3n) is 5.98. The number of carbonyl (C=O) groups excluding carboxylic acids is 1. The lowest BCUT2D eigenvalue weighted by atomic mass is 9.71. The maximum atomic E-state index is 12.7. The van der Waals surface area contributed by atoms with E-state index in [2.05, 4.69) is 10.3 Å². The number of benzene rings is 1. The number of aromatic nitrogens is 3. The molecule has 7 nitrogen and oxygen atoms in total. The Hall–Kier alpha value is -2.93. The van der Waals surface area contributed by atoms with Crippen LogP contribution in [0.1, 0.15) is 48.9 Å². The Morgan fingerprint density at radius 1 is 1.27 bits per heavy atom. The molecule has 7 heteroatoms. The monoisotopic (exact) mass is 407 g/mol. The lowest BCUT2D eigenvalue weighted by Gasteiger charge is -2.42. The standard InChI is InChI=1S/C23H29N5O2/c1-14-7-6-8-18(24-14)22(29)25-20-9-15-13-28(17-10-16(11-17)23(2,3)30)26-19(15)12-21(20)27(4)5/h6-9,12-13,16-17,30H,10-11H2,1-5H3,(H,25,29). The van der Waals surface area contributed by atoms with Crippen LogP contribution in [0.25, 0.3) is 10.9 Å². The fourth-order valence-corrected chi connectivity index (χ4v) is 3.97. The van der Waals surface area contributed by atoms with Crippen molar-refractivity contribution in [3.8, 4) is 0 Å². The van der Waals surface area contributed by atoms with E-state index in [1.54, 1.807) is 6.07 Å². The molecule has 2 aromatic heterocycles. The summed E-state index contributed by atoms with van der Waals surface area (Å²) in [5, 5.41) is 18.9. The molecule has 0 aliphatic heterocycles. The molecule has 1 aromatic carbocycles. The van der Waals surface area contributed by atoms with Gasteiger partial charge in [-0.2, -0.15) is 5.10 Å². The summed E-state index contributed by atoms with van der Waals surface area (Å²) in [6, 6.07) is 9.67. The second-order valence-electron chi connectivity index (χ2n) is 9.03. The van der Waals surface area contributed by atoms with Gasteiger partial charge < -0.3 is 15.3 Å². The molecular formula is C23H29N5O2. The molecule has 30 heavy (non-hydrogen) atoms. The average molecular weight is 408 g/mol. The first kappa shape index (κ1) is 20.3. The fraction of sp³-hybridized carbons (Fsp3) is 0.435. The number of rotatable bonds is 5. The molecule has 0 atom stereocenters. The first-order chi connectivity index (χ1) is 14.1. The molecule has 0 saturated heterocycles. The topological polar surface area (TPSA) is 83.3 Å². The van der Waals surface area contributed by atoms with Crippen molar-refractivity contribution in [2.24, 2.45) is 5.92 Å². The summed E-state index contributed by atoms with van der Waals surface area (Å²) in [6.45, 7) is 5.61. The predicted octanol–water partition coefficient (Wildman–Crippen LogP) is 3.78. The van der Waals surface area contributed by atoms with Crippen LogP contribution in [0.3, 0.4) is 0 Å². The molecule has 0 radical (unpaired) electrons. The number of aryl methyl sites for hydroxylation is 1. The van der Waals surface area contributed by atoms with Crippen LogP contribution in [-0.4, -0.2) is 45.5 Å². The van der Waals surface area contributed by atoms with Gasteiger partial charge in [0.25, 0.3) is 5.91 Å². The maximum Gasteiger partial charge on any atom is 0.274 e. The highest BCUT2D eigenvalue weighted by Crippen LogP contribution is 2.44. The van der Waals surface area contributed by atoms with Crippen molar-refractivity contribution in [2.45, 2.75) is 45.3 Å². The van der Waals surface area contributed by atoms with Gasteiger partial charge in [0.2, 0.25) is 0 Å². The van der Waals surface area contributed by atoms with Gasteiger partial charge in [-0.05, 0) is 63.8 Å². The zero-order valence-corrected chi connectivity index (χ0v) is 18.2. The lowest BCUT2D eigenvalue weighted by molar-refractivity contribution is -0.0412. The number of nitrogens with one attached hydrogen (secondary N) is 1. The third-order valence-corrected chi connectivity index (χ3v) is 5.98. The van der Waals surface area contributed by atoms with Gasteiger partial charge >= 0.3 is 0 Å². The number of aliphatic hydroxyl groups is 1. The first-order valence-electron chi connectivity index (χ1n) is 10.3. The van der Waals surface area contributed by atoms with Gasteiger partial charge in [-0.25, -0.2) is 4.98 Å². The summed E-state index contributed by atoms with van der Waals surface area (Å²) in [4.78, 5) is 19.0. The minimum Gasteiger partial charge on any atom is -0.390 e. The van der Waals surface area contributed by atoms with Crippen molar-refractivity contribution >= 4 is 28.2 Å². The zero-order chi connectivity index (χ0) is 21.6. The molecule has 2 heterocycles. The molecule has 1 fully saturated rings. The Morgan fingerprint density at radius 3 is 2.63 bits per heavy atom. The highest BCUT2D eigenvalue weighted by atomic mass is 16.3. The summed E-state index contributed by atoms with van der Waals surface area (Å²) in [5.74, 6) is 0.0596. The van der Waals surface area contributed by atoms with E-state index in [1.165, 1.54) is 0 Å². The molecular weight excluding hydrogens is 378 g/mol. The minimum absolute atomic E-state index is 0.236. The summed E-state index contributed by atoms with van der Waals surface area (Å²) in [7, 11) is 3.89. The van der Waals surface area contributed by atoms with Gasteiger partial charge in [0.15, 0.2) is 0 Å². The summed E-state index contributed by atoms with van der Waals surface area (Å²) in [5.41, 5.74) is 3.04.